The van der Waals surface area contributed by atoms with Crippen LogP contribution in [0.15, 0.2) is 48.5 Å². The van der Waals surface area contributed by atoms with E-state index in [1.165, 1.54) is 18.2 Å². The number of ether oxygens (including phenoxy) is 2. The van der Waals surface area contributed by atoms with Crippen LogP contribution in [-0.4, -0.2) is 22.6 Å². The van der Waals surface area contributed by atoms with Gasteiger partial charge in [0.25, 0.3) is 0 Å². The van der Waals surface area contributed by atoms with Crippen molar-refractivity contribution >= 4 is 11.7 Å². The number of nitro groups is 1. The summed E-state index contributed by atoms with van der Waals surface area (Å²) in [5, 5.41) is 19.5. The number of carboxylic acids is 1. The van der Waals surface area contributed by atoms with Crippen LogP contribution in [0.3, 0.4) is 0 Å². The van der Waals surface area contributed by atoms with Crippen molar-refractivity contribution < 1.29 is 24.3 Å². The molecule has 0 radical (unpaired) electrons. The van der Waals surface area contributed by atoms with Crippen LogP contribution >= 0.6 is 0 Å². The van der Waals surface area contributed by atoms with Crippen LogP contribution in [0.2, 0.25) is 0 Å². The highest BCUT2D eigenvalue weighted by Gasteiger charge is 2.17. The van der Waals surface area contributed by atoms with E-state index in [0.717, 1.165) is 0 Å². The fraction of sp³-hybridized carbons (Fsp3) is 0.0714. The molecule has 0 aliphatic heterocycles. The molecular weight excluding hydrogens is 278 g/mol. The molecule has 0 heterocycles. The van der Waals surface area contributed by atoms with Gasteiger partial charge in [-0.05, 0) is 18.2 Å². The van der Waals surface area contributed by atoms with Gasteiger partial charge in [0.2, 0.25) is 5.75 Å². The molecule has 0 saturated carbocycles. The Kier molecular flexibility index (Phi) is 4.35. The normalized spacial score (nSPS) is 9.90. The van der Waals surface area contributed by atoms with E-state index in [9.17, 15) is 14.9 Å². The highest BCUT2D eigenvalue weighted by Crippen LogP contribution is 2.33. The zero-order valence-electron chi connectivity index (χ0n) is 10.8. The van der Waals surface area contributed by atoms with E-state index in [0.29, 0.717) is 11.5 Å². The summed E-state index contributed by atoms with van der Waals surface area (Å²) in [6.07, 6.45) is 0. The van der Waals surface area contributed by atoms with Gasteiger partial charge in [0, 0.05) is 12.1 Å². The average molecular weight is 289 g/mol. The average Bonchev–Trinajstić information content (AvgIpc) is 2.46. The number of benzene rings is 2. The SMILES string of the molecule is O=C(O)COc1cc(Oc2ccccc2)ccc1[N+](=O)[O-]. The van der Waals surface area contributed by atoms with E-state index < -0.39 is 17.5 Å². The van der Waals surface area contributed by atoms with Gasteiger partial charge in [-0.25, -0.2) is 4.79 Å². The van der Waals surface area contributed by atoms with Crippen LogP contribution in [0.1, 0.15) is 0 Å². The Labute approximate surface area is 119 Å². The summed E-state index contributed by atoms with van der Waals surface area (Å²) in [4.78, 5) is 20.7. The van der Waals surface area contributed by atoms with E-state index in [4.69, 9.17) is 14.6 Å². The van der Waals surface area contributed by atoms with Crippen LogP contribution in [0.4, 0.5) is 5.69 Å². The summed E-state index contributed by atoms with van der Waals surface area (Å²) in [6.45, 7) is -0.671. The first kappa shape index (κ1) is 14.3. The first-order valence-corrected chi connectivity index (χ1v) is 5.92. The summed E-state index contributed by atoms with van der Waals surface area (Å²) in [7, 11) is 0. The minimum Gasteiger partial charge on any atom is -0.479 e. The third-order valence-corrected chi connectivity index (χ3v) is 2.46. The van der Waals surface area contributed by atoms with Crippen LogP contribution in [0, 0.1) is 10.1 Å². The summed E-state index contributed by atoms with van der Waals surface area (Å²) in [6, 6.07) is 12.7. The zero-order valence-corrected chi connectivity index (χ0v) is 10.8. The van der Waals surface area contributed by atoms with E-state index in [-0.39, 0.29) is 11.4 Å². The molecule has 0 spiro atoms. The van der Waals surface area contributed by atoms with Crippen LogP contribution in [-0.2, 0) is 4.79 Å². The molecule has 0 aliphatic rings. The Morgan fingerprint density at radius 2 is 1.86 bits per heavy atom. The number of carbonyl (C=O) groups is 1. The van der Waals surface area contributed by atoms with Crippen LogP contribution in [0.25, 0.3) is 0 Å². The molecular formula is C14H11NO6. The van der Waals surface area contributed by atoms with Crippen LogP contribution < -0.4 is 9.47 Å². The van der Waals surface area contributed by atoms with Crippen molar-refractivity contribution in [1.82, 2.24) is 0 Å². The topological polar surface area (TPSA) is 98.9 Å². The second-order valence-corrected chi connectivity index (χ2v) is 3.98. The fourth-order valence-corrected chi connectivity index (χ4v) is 1.59. The Hall–Kier alpha value is -3.09. The van der Waals surface area contributed by atoms with Gasteiger partial charge in [0.1, 0.15) is 11.5 Å². The molecule has 0 unspecified atom stereocenters. The number of hydrogen-bond donors (Lipinski definition) is 1. The predicted molar refractivity (Wildman–Crippen MR) is 72.7 cm³/mol. The molecule has 0 fully saturated rings. The molecule has 21 heavy (non-hydrogen) atoms. The van der Waals surface area contributed by atoms with E-state index in [1.54, 1.807) is 24.3 Å². The number of nitrogens with zero attached hydrogens (tertiary/aromatic N) is 1. The molecule has 7 nitrogen and oxygen atoms in total. The Bertz CT molecular complexity index is 656. The lowest BCUT2D eigenvalue weighted by atomic mass is 10.2. The summed E-state index contributed by atoms with van der Waals surface area (Å²) >= 11 is 0. The molecule has 2 rings (SSSR count). The smallest absolute Gasteiger partial charge is 0.341 e. The predicted octanol–water partition coefficient (Wildman–Crippen LogP) is 2.85. The first-order chi connectivity index (χ1) is 10.1. The number of aliphatic carboxylic acids is 1. The van der Waals surface area contributed by atoms with Gasteiger partial charge in [-0.15, -0.1) is 0 Å². The molecule has 0 aromatic heterocycles. The molecule has 7 heteroatoms. The molecule has 0 atom stereocenters. The van der Waals surface area contributed by atoms with E-state index in [1.807, 2.05) is 6.07 Å². The van der Waals surface area contributed by atoms with Crippen molar-refractivity contribution in [3.63, 3.8) is 0 Å². The lowest BCUT2D eigenvalue weighted by molar-refractivity contribution is -0.385. The van der Waals surface area contributed by atoms with Crippen LogP contribution in [0.5, 0.6) is 17.2 Å². The third kappa shape index (κ3) is 3.93. The molecule has 0 amide bonds. The van der Waals surface area contributed by atoms with Crippen molar-refractivity contribution in [3.8, 4) is 17.2 Å². The highest BCUT2D eigenvalue weighted by atomic mass is 16.6. The number of nitro benzene ring substituents is 1. The van der Waals surface area contributed by atoms with Gasteiger partial charge in [-0.2, -0.15) is 0 Å². The van der Waals surface area contributed by atoms with Gasteiger partial charge in [-0.3, -0.25) is 10.1 Å². The zero-order chi connectivity index (χ0) is 15.2. The first-order valence-electron chi connectivity index (χ1n) is 5.92. The van der Waals surface area contributed by atoms with Crippen molar-refractivity contribution in [2.75, 3.05) is 6.61 Å². The second-order valence-electron chi connectivity index (χ2n) is 3.98. The molecule has 0 saturated heterocycles. The van der Waals surface area contributed by atoms with Crippen molar-refractivity contribution in [1.29, 1.82) is 0 Å². The van der Waals surface area contributed by atoms with E-state index in [2.05, 4.69) is 0 Å². The van der Waals surface area contributed by atoms with Gasteiger partial charge in [0.15, 0.2) is 6.61 Å². The maximum Gasteiger partial charge on any atom is 0.341 e. The standard InChI is InChI=1S/C14H11NO6/c16-14(17)9-20-13-8-11(6-7-12(13)15(18)19)21-10-4-2-1-3-5-10/h1-8H,9H2,(H,16,17). The molecule has 1 N–H and O–H groups in total. The Morgan fingerprint density at radius 3 is 2.48 bits per heavy atom. The summed E-state index contributed by atoms with van der Waals surface area (Å²) in [5.41, 5.74) is -0.323. The maximum absolute atomic E-state index is 10.9. The molecule has 108 valence electrons. The van der Waals surface area contributed by atoms with Crippen molar-refractivity contribution in [2.45, 2.75) is 0 Å². The van der Waals surface area contributed by atoms with Gasteiger partial charge in [-0.1, -0.05) is 18.2 Å². The quantitative estimate of drug-likeness (QED) is 0.648. The minimum atomic E-state index is -1.22. The maximum atomic E-state index is 10.9. The van der Waals surface area contributed by atoms with E-state index >= 15 is 0 Å². The number of rotatable bonds is 6. The second kappa shape index (κ2) is 6.38. The molecule has 2 aromatic rings. The molecule has 2 aromatic carbocycles. The summed E-state index contributed by atoms with van der Waals surface area (Å²) in [5.74, 6) is -0.516. The van der Waals surface area contributed by atoms with Crippen molar-refractivity contribution in [3.05, 3.63) is 58.6 Å². The number of hydrogen-bond acceptors (Lipinski definition) is 5. The van der Waals surface area contributed by atoms with Gasteiger partial charge >= 0.3 is 11.7 Å². The number of carboxylic acid groups (broad SMARTS) is 1. The van der Waals surface area contributed by atoms with Crippen molar-refractivity contribution in [2.24, 2.45) is 0 Å². The fourth-order valence-electron chi connectivity index (χ4n) is 1.59. The lowest BCUT2D eigenvalue weighted by Gasteiger charge is -2.08. The third-order valence-electron chi connectivity index (χ3n) is 2.46. The van der Waals surface area contributed by atoms with Gasteiger partial charge in [0.05, 0.1) is 4.92 Å². The van der Waals surface area contributed by atoms with Gasteiger partial charge < -0.3 is 14.6 Å². The number of para-hydroxylation sites is 1. The Morgan fingerprint density at radius 1 is 1.14 bits per heavy atom. The summed E-state index contributed by atoms with van der Waals surface area (Å²) < 4.78 is 10.4. The monoisotopic (exact) mass is 289 g/mol. The molecule has 0 aliphatic carbocycles. The minimum absolute atomic E-state index is 0.157. The highest BCUT2D eigenvalue weighted by molar-refractivity contribution is 5.69. The Balaban J connectivity index is 2.25. The molecule has 0 bridgehead atoms. The largest absolute Gasteiger partial charge is 0.479 e. The lowest BCUT2D eigenvalue weighted by Crippen LogP contribution is -2.10.